The van der Waals surface area contributed by atoms with Crippen molar-refractivity contribution in [2.75, 3.05) is 29.4 Å². The molecule has 0 unspecified atom stereocenters. The summed E-state index contributed by atoms with van der Waals surface area (Å²) in [6.07, 6.45) is -3.97. The Hall–Kier alpha value is -1.33. The minimum Gasteiger partial charge on any atom is -0.354 e. The summed E-state index contributed by atoms with van der Waals surface area (Å²) in [5.41, 5.74) is -0.556. The molecule has 0 aliphatic carbocycles. The number of hydrogen-bond acceptors (Lipinski definition) is 4. The molecule has 32 heavy (non-hydrogen) atoms. The lowest BCUT2D eigenvalue weighted by molar-refractivity contribution is -0.137. The number of nitrogens with zero attached hydrogens (tertiary/aromatic N) is 1. The highest BCUT2D eigenvalue weighted by atomic mass is 35.5. The van der Waals surface area contributed by atoms with Gasteiger partial charge in [-0.15, -0.1) is 0 Å². The van der Waals surface area contributed by atoms with Crippen LogP contribution < -0.4 is 9.62 Å². The predicted octanol–water partition coefficient (Wildman–Crippen LogP) is 5.48. The van der Waals surface area contributed by atoms with Crippen LogP contribution in [-0.4, -0.2) is 39.4 Å². The number of benzene rings is 2. The van der Waals surface area contributed by atoms with Crippen LogP contribution in [0.4, 0.5) is 18.9 Å². The topological polar surface area (TPSA) is 66.5 Å². The standard InChI is InChI=1S/C19H18Cl3F3N2O3S2/c1-32(29,30)27(13-3-5-15(20)14(9-13)19(23,24)25)10-18(28)26-6-7-31-11-12-2-4-16(21)17(22)8-12/h2-5,8-9H,6-7,10-11H2,1H3,(H,26,28). The minimum absolute atomic E-state index is 0.233. The number of hydrogen-bond donors (Lipinski definition) is 1. The number of rotatable bonds is 9. The highest BCUT2D eigenvalue weighted by Gasteiger charge is 2.34. The van der Waals surface area contributed by atoms with E-state index in [9.17, 15) is 26.4 Å². The first-order valence-corrected chi connectivity index (χ1v) is 13.1. The van der Waals surface area contributed by atoms with Crippen molar-refractivity contribution in [3.63, 3.8) is 0 Å². The Kier molecular flexibility index (Phi) is 9.42. The monoisotopic (exact) mass is 548 g/mol. The van der Waals surface area contributed by atoms with Gasteiger partial charge in [-0.3, -0.25) is 9.10 Å². The summed E-state index contributed by atoms with van der Waals surface area (Å²) in [6.45, 7) is -0.438. The van der Waals surface area contributed by atoms with Gasteiger partial charge < -0.3 is 5.32 Å². The lowest BCUT2D eigenvalue weighted by Gasteiger charge is -2.23. The molecule has 0 aliphatic rings. The first-order chi connectivity index (χ1) is 14.8. The molecule has 0 atom stereocenters. The normalized spacial score (nSPS) is 12.0. The molecular weight excluding hydrogens is 532 g/mol. The molecule has 1 N–H and O–H groups in total. The average Bonchev–Trinajstić information content (AvgIpc) is 2.67. The molecule has 0 aliphatic heterocycles. The van der Waals surface area contributed by atoms with Crippen LogP contribution in [0.15, 0.2) is 36.4 Å². The molecule has 1 amide bonds. The third-order valence-corrected chi connectivity index (χ3v) is 7.29. The van der Waals surface area contributed by atoms with Gasteiger partial charge in [0.25, 0.3) is 0 Å². The molecule has 0 saturated carbocycles. The zero-order valence-corrected chi connectivity index (χ0v) is 20.4. The summed E-state index contributed by atoms with van der Waals surface area (Å²) in [7, 11) is -4.03. The van der Waals surface area contributed by atoms with Gasteiger partial charge in [-0.25, -0.2) is 8.42 Å². The molecule has 5 nitrogen and oxygen atoms in total. The quantitative estimate of drug-likeness (QED) is 0.421. The molecule has 0 fully saturated rings. The average molecular weight is 550 g/mol. The predicted molar refractivity (Wildman–Crippen MR) is 124 cm³/mol. The number of alkyl halides is 3. The van der Waals surface area contributed by atoms with Crippen LogP contribution in [0.25, 0.3) is 0 Å². The Labute approximate surface area is 203 Å². The second kappa shape index (κ2) is 11.2. The first-order valence-electron chi connectivity index (χ1n) is 8.92. The van der Waals surface area contributed by atoms with Gasteiger partial charge in [0, 0.05) is 18.1 Å². The summed E-state index contributed by atoms with van der Waals surface area (Å²) >= 11 is 18.9. The third kappa shape index (κ3) is 7.91. The zero-order valence-electron chi connectivity index (χ0n) is 16.5. The number of amides is 1. The van der Waals surface area contributed by atoms with E-state index in [0.29, 0.717) is 31.9 Å². The Morgan fingerprint density at radius 2 is 1.72 bits per heavy atom. The fourth-order valence-corrected chi connectivity index (χ4v) is 4.75. The largest absolute Gasteiger partial charge is 0.417 e. The van der Waals surface area contributed by atoms with Gasteiger partial charge in [0.05, 0.1) is 32.6 Å². The first kappa shape index (κ1) is 26.9. The van der Waals surface area contributed by atoms with Crippen molar-refractivity contribution in [3.8, 4) is 0 Å². The Morgan fingerprint density at radius 3 is 2.31 bits per heavy atom. The lowest BCUT2D eigenvalue weighted by Crippen LogP contribution is -2.41. The molecule has 0 spiro atoms. The summed E-state index contributed by atoms with van der Waals surface area (Å²) in [5.74, 6) is 0.478. The van der Waals surface area contributed by atoms with Gasteiger partial charge in [0.15, 0.2) is 0 Å². The van der Waals surface area contributed by atoms with Crippen molar-refractivity contribution < 1.29 is 26.4 Å². The fraction of sp³-hybridized carbons (Fsp3) is 0.316. The van der Waals surface area contributed by atoms with E-state index in [1.54, 1.807) is 12.1 Å². The van der Waals surface area contributed by atoms with Crippen LogP contribution in [-0.2, 0) is 26.7 Å². The van der Waals surface area contributed by atoms with Gasteiger partial charge in [0.1, 0.15) is 6.54 Å². The van der Waals surface area contributed by atoms with E-state index in [1.165, 1.54) is 11.8 Å². The molecule has 2 rings (SSSR count). The molecule has 0 bridgehead atoms. The maximum atomic E-state index is 13.1. The summed E-state index contributed by atoms with van der Waals surface area (Å²) in [5, 5.41) is 2.88. The minimum atomic E-state index is -4.77. The Morgan fingerprint density at radius 1 is 1.06 bits per heavy atom. The van der Waals surface area contributed by atoms with Gasteiger partial charge in [0.2, 0.25) is 15.9 Å². The number of nitrogens with one attached hydrogen (secondary N) is 1. The smallest absolute Gasteiger partial charge is 0.354 e. The molecule has 0 radical (unpaired) electrons. The number of halogens is 6. The SMILES string of the molecule is CS(=O)(=O)N(CC(=O)NCCSCc1ccc(Cl)c(Cl)c1)c1ccc(Cl)c(C(F)(F)F)c1. The third-order valence-electron chi connectivity index (χ3n) is 4.05. The number of anilines is 1. The van der Waals surface area contributed by atoms with E-state index in [1.807, 2.05) is 6.07 Å². The van der Waals surface area contributed by atoms with E-state index in [-0.39, 0.29) is 12.2 Å². The molecule has 0 aromatic heterocycles. The van der Waals surface area contributed by atoms with Crippen molar-refractivity contribution in [2.24, 2.45) is 0 Å². The number of carbonyl (C=O) groups is 1. The molecule has 13 heteroatoms. The van der Waals surface area contributed by atoms with Crippen LogP contribution >= 0.6 is 46.6 Å². The van der Waals surface area contributed by atoms with E-state index in [2.05, 4.69) is 5.32 Å². The summed E-state index contributed by atoms with van der Waals surface area (Å²) in [6, 6.07) is 7.90. The van der Waals surface area contributed by atoms with Gasteiger partial charge in [-0.1, -0.05) is 40.9 Å². The number of carbonyl (C=O) groups excluding carboxylic acids is 1. The molecule has 0 saturated heterocycles. The van der Waals surface area contributed by atoms with Crippen LogP contribution in [0.2, 0.25) is 15.1 Å². The Balaban J connectivity index is 1.95. The second-order valence-electron chi connectivity index (χ2n) is 6.58. The van der Waals surface area contributed by atoms with Crippen molar-refractivity contribution in [1.29, 1.82) is 0 Å². The van der Waals surface area contributed by atoms with Crippen LogP contribution in [0.5, 0.6) is 0 Å². The van der Waals surface area contributed by atoms with Crippen molar-refractivity contribution in [3.05, 3.63) is 62.6 Å². The van der Waals surface area contributed by atoms with Gasteiger partial charge in [-0.2, -0.15) is 24.9 Å². The number of thioether (sulfide) groups is 1. The zero-order chi connectivity index (χ0) is 24.1. The highest BCUT2D eigenvalue weighted by molar-refractivity contribution is 7.98. The Bertz CT molecular complexity index is 1080. The summed E-state index contributed by atoms with van der Waals surface area (Å²) in [4.78, 5) is 12.2. The van der Waals surface area contributed by atoms with Crippen LogP contribution in [0.3, 0.4) is 0 Å². The van der Waals surface area contributed by atoms with Gasteiger partial charge >= 0.3 is 6.18 Å². The van der Waals surface area contributed by atoms with Crippen LogP contribution in [0, 0.1) is 0 Å². The molecular formula is C19H18Cl3F3N2O3S2. The van der Waals surface area contributed by atoms with E-state index in [4.69, 9.17) is 34.8 Å². The van der Waals surface area contributed by atoms with Gasteiger partial charge in [-0.05, 0) is 35.9 Å². The molecule has 176 valence electrons. The number of sulfonamides is 1. The maximum absolute atomic E-state index is 13.1. The fourth-order valence-electron chi connectivity index (χ4n) is 2.55. The lowest BCUT2D eigenvalue weighted by atomic mass is 10.2. The highest BCUT2D eigenvalue weighted by Crippen LogP contribution is 2.37. The van der Waals surface area contributed by atoms with Crippen LogP contribution in [0.1, 0.15) is 11.1 Å². The van der Waals surface area contributed by atoms with Crippen molar-refractivity contribution in [2.45, 2.75) is 11.9 Å². The second-order valence-corrected chi connectivity index (χ2v) is 10.8. The van der Waals surface area contributed by atoms with Crippen molar-refractivity contribution >= 4 is 68.2 Å². The van der Waals surface area contributed by atoms with E-state index >= 15 is 0 Å². The molecule has 0 heterocycles. The van der Waals surface area contributed by atoms with E-state index in [0.717, 1.165) is 24.0 Å². The van der Waals surface area contributed by atoms with E-state index < -0.39 is 39.2 Å². The maximum Gasteiger partial charge on any atom is 0.417 e. The molecule has 2 aromatic rings. The van der Waals surface area contributed by atoms with Crippen molar-refractivity contribution in [1.82, 2.24) is 5.32 Å². The molecule has 2 aromatic carbocycles. The summed E-state index contributed by atoms with van der Waals surface area (Å²) < 4.78 is 64.1.